The zero-order valence-electron chi connectivity index (χ0n) is 16.9. The average Bonchev–Trinajstić information content (AvgIpc) is 2.77. The van der Waals surface area contributed by atoms with Gasteiger partial charge in [0.05, 0.1) is 12.7 Å². The molecule has 0 N–H and O–H groups in total. The summed E-state index contributed by atoms with van der Waals surface area (Å²) in [6.07, 6.45) is 2.49. The molecule has 2 heterocycles. The van der Waals surface area contributed by atoms with E-state index < -0.39 is 0 Å². The number of ether oxygens (including phenoxy) is 2. The van der Waals surface area contributed by atoms with Crippen molar-refractivity contribution in [2.45, 2.75) is 26.4 Å². The molecule has 1 aliphatic rings. The van der Waals surface area contributed by atoms with Crippen LogP contribution in [0.4, 0.5) is 5.82 Å². The number of rotatable bonds is 5. The van der Waals surface area contributed by atoms with E-state index in [0.717, 1.165) is 41.1 Å². The maximum atomic E-state index is 11.6. The van der Waals surface area contributed by atoms with Crippen LogP contribution in [0.5, 0.6) is 5.75 Å². The number of hydrogen-bond donors (Lipinski definition) is 0. The number of esters is 1. The predicted octanol–water partition coefficient (Wildman–Crippen LogP) is 4.84. The maximum Gasteiger partial charge on any atom is 0.337 e. The van der Waals surface area contributed by atoms with Crippen LogP contribution in [0.1, 0.15) is 35.7 Å². The summed E-state index contributed by atoms with van der Waals surface area (Å²) >= 11 is 0. The molecule has 1 atom stereocenters. The van der Waals surface area contributed by atoms with Gasteiger partial charge in [-0.05, 0) is 54.7 Å². The highest BCUT2D eigenvalue weighted by Gasteiger charge is 2.18. The molecule has 0 bridgehead atoms. The molecule has 1 aromatic heterocycles. The molecular weight excluding hydrogens is 364 g/mol. The fourth-order valence-corrected chi connectivity index (χ4v) is 3.82. The number of hydrogen-bond acceptors (Lipinski definition) is 5. The summed E-state index contributed by atoms with van der Waals surface area (Å²) in [6.45, 7) is 4.81. The van der Waals surface area contributed by atoms with Crippen LogP contribution >= 0.6 is 0 Å². The van der Waals surface area contributed by atoms with E-state index in [1.165, 1.54) is 20.0 Å². The molecule has 1 unspecified atom stereocenters. The van der Waals surface area contributed by atoms with Crippen molar-refractivity contribution in [3.8, 4) is 5.75 Å². The van der Waals surface area contributed by atoms with E-state index in [1.54, 1.807) is 12.1 Å². The van der Waals surface area contributed by atoms with Crippen LogP contribution in [-0.4, -0.2) is 31.2 Å². The quantitative estimate of drug-likeness (QED) is 0.584. The van der Waals surface area contributed by atoms with Crippen molar-refractivity contribution in [1.82, 2.24) is 4.98 Å². The summed E-state index contributed by atoms with van der Waals surface area (Å²) in [5.74, 6) is 2.14. The first-order valence-corrected chi connectivity index (χ1v) is 10.1. The largest absolute Gasteiger partial charge is 0.487 e. The van der Waals surface area contributed by atoms with Crippen LogP contribution in [0, 0.1) is 5.92 Å². The van der Waals surface area contributed by atoms with Gasteiger partial charge in [-0.3, -0.25) is 0 Å². The Morgan fingerprint density at radius 3 is 2.72 bits per heavy atom. The number of fused-ring (bicyclic) bond motifs is 1. The maximum absolute atomic E-state index is 11.6. The Balaban J connectivity index is 1.53. The van der Waals surface area contributed by atoms with Gasteiger partial charge in [-0.1, -0.05) is 31.2 Å². The lowest BCUT2D eigenvalue weighted by Gasteiger charge is -2.32. The molecule has 2 aromatic carbocycles. The molecule has 1 fully saturated rings. The van der Waals surface area contributed by atoms with Gasteiger partial charge in [0.15, 0.2) is 0 Å². The van der Waals surface area contributed by atoms with Crippen molar-refractivity contribution in [3.63, 3.8) is 0 Å². The summed E-state index contributed by atoms with van der Waals surface area (Å²) in [4.78, 5) is 18.9. The molecule has 5 heteroatoms. The number of methoxy groups -OCH3 is 1. The second-order valence-corrected chi connectivity index (χ2v) is 7.67. The number of aromatic nitrogens is 1. The molecule has 29 heavy (non-hydrogen) atoms. The third-order valence-corrected chi connectivity index (χ3v) is 5.42. The van der Waals surface area contributed by atoms with Crippen molar-refractivity contribution in [3.05, 3.63) is 65.7 Å². The zero-order chi connectivity index (χ0) is 20.2. The van der Waals surface area contributed by atoms with Gasteiger partial charge in [0.2, 0.25) is 0 Å². The number of nitrogens with zero attached hydrogens (tertiary/aromatic N) is 2. The van der Waals surface area contributed by atoms with Gasteiger partial charge in [-0.25, -0.2) is 9.78 Å². The lowest BCUT2D eigenvalue weighted by atomic mass is 10.0. The molecule has 0 saturated carbocycles. The van der Waals surface area contributed by atoms with Crippen molar-refractivity contribution < 1.29 is 14.3 Å². The van der Waals surface area contributed by atoms with Gasteiger partial charge in [0, 0.05) is 18.5 Å². The number of piperidine rings is 1. The third-order valence-electron chi connectivity index (χ3n) is 5.42. The minimum absolute atomic E-state index is 0.338. The predicted molar refractivity (Wildman–Crippen MR) is 114 cm³/mol. The van der Waals surface area contributed by atoms with Crippen LogP contribution < -0.4 is 9.64 Å². The van der Waals surface area contributed by atoms with Crippen molar-refractivity contribution in [2.75, 3.05) is 25.1 Å². The highest BCUT2D eigenvalue weighted by molar-refractivity contribution is 5.89. The topological polar surface area (TPSA) is 51.7 Å². The fraction of sp³-hybridized carbons (Fsp3) is 0.333. The van der Waals surface area contributed by atoms with Crippen LogP contribution in [-0.2, 0) is 11.3 Å². The first kappa shape index (κ1) is 19.2. The number of carbonyl (C=O) groups excluding carboxylic acids is 1. The first-order chi connectivity index (χ1) is 14.1. The Labute approximate surface area is 171 Å². The molecule has 0 amide bonds. The standard InChI is InChI=1S/C24H26N2O3/c1-17-5-4-14-26(15-17)22-13-12-19-6-3-7-21(23(19)25-22)29-16-18-8-10-20(11-9-18)24(27)28-2/h3,6-13,17H,4-5,14-16H2,1-2H3. The Kier molecular flexibility index (Phi) is 5.65. The van der Waals surface area contributed by atoms with E-state index in [0.29, 0.717) is 18.1 Å². The van der Waals surface area contributed by atoms with Crippen LogP contribution in [0.25, 0.3) is 10.9 Å². The number of para-hydroxylation sites is 1. The molecule has 5 nitrogen and oxygen atoms in total. The van der Waals surface area contributed by atoms with Crippen LogP contribution in [0.3, 0.4) is 0 Å². The molecule has 1 saturated heterocycles. The molecular formula is C24H26N2O3. The molecule has 150 valence electrons. The number of benzene rings is 2. The fourth-order valence-electron chi connectivity index (χ4n) is 3.82. The van der Waals surface area contributed by atoms with Crippen molar-refractivity contribution in [1.29, 1.82) is 0 Å². The number of pyridine rings is 1. The lowest BCUT2D eigenvalue weighted by molar-refractivity contribution is 0.0600. The van der Waals surface area contributed by atoms with Crippen molar-refractivity contribution >= 4 is 22.7 Å². The zero-order valence-corrected chi connectivity index (χ0v) is 16.9. The average molecular weight is 390 g/mol. The van der Waals surface area contributed by atoms with E-state index in [9.17, 15) is 4.79 Å². The SMILES string of the molecule is COC(=O)c1ccc(COc2cccc3ccc(N4CCCC(C)C4)nc23)cc1. The van der Waals surface area contributed by atoms with E-state index >= 15 is 0 Å². The monoisotopic (exact) mass is 390 g/mol. The van der Waals surface area contributed by atoms with Gasteiger partial charge in [0.25, 0.3) is 0 Å². The van der Waals surface area contributed by atoms with E-state index in [2.05, 4.69) is 30.0 Å². The Hall–Kier alpha value is -3.08. The highest BCUT2D eigenvalue weighted by Crippen LogP contribution is 2.29. The van der Waals surface area contributed by atoms with Crippen LogP contribution in [0.15, 0.2) is 54.6 Å². The Bertz CT molecular complexity index is 1000. The van der Waals surface area contributed by atoms with E-state index in [4.69, 9.17) is 14.5 Å². The normalized spacial score (nSPS) is 16.6. The molecule has 4 rings (SSSR count). The summed E-state index contributed by atoms with van der Waals surface area (Å²) in [6, 6.07) is 17.5. The number of carbonyl (C=O) groups is 1. The summed E-state index contributed by atoms with van der Waals surface area (Å²) in [7, 11) is 1.38. The van der Waals surface area contributed by atoms with Crippen molar-refractivity contribution in [2.24, 2.45) is 5.92 Å². The van der Waals surface area contributed by atoms with Gasteiger partial charge in [-0.15, -0.1) is 0 Å². The van der Waals surface area contributed by atoms with Crippen LogP contribution in [0.2, 0.25) is 0 Å². The first-order valence-electron chi connectivity index (χ1n) is 10.1. The summed E-state index contributed by atoms with van der Waals surface area (Å²) < 4.78 is 10.8. The minimum atomic E-state index is -0.338. The van der Waals surface area contributed by atoms with Gasteiger partial charge in [0.1, 0.15) is 23.7 Å². The molecule has 0 radical (unpaired) electrons. The molecule has 1 aliphatic heterocycles. The lowest BCUT2D eigenvalue weighted by Crippen LogP contribution is -2.34. The smallest absolute Gasteiger partial charge is 0.337 e. The molecule has 3 aromatic rings. The van der Waals surface area contributed by atoms with E-state index in [1.807, 2.05) is 24.3 Å². The second-order valence-electron chi connectivity index (χ2n) is 7.67. The molecule has 0 aliphatic carbocycles. The summed E-state index contributed by atoms with van der Waals surface area (Å²) in [5.41, 5.74) is 2.40. The van der Waals surface area contributed by atoms with Gasteiger partial charge in [-0.2, -0.15) is 0 Å². The molecule has 0 spiro atoms. The Morgan fingerprint density at radius 2 is 1.97 bits per heavy atom. The van der Waals surface area contributed by atoms with E-state index in [-0.39, 0.29) is 5.97 Å². The second kappa shape index (κ2) is 8.52. The number of anilines is 1. The van der Waals surface area contributed by atoms with Gasteiger partial charge < -0.3 is 14.4 Å². The van der Waals surface area contributed by atoms with Gasteiger partial charge >= 0.3 is 5.97 Å². The highest BCUT2D eigenvalue weighted by atomic mass is 16.5. The third kappa shape index (κ3) is 4.34. The minimum Gasteiger partial charge on any atom is -0.487 e. The summed E-state index contributed by atoms with van der Waals surface area (Å²) in [5, 5.41) is 1.07. The Morgan fingerprint density at radius 1 is 1.14 bits per heavy atom.